The van der Waals surface area contributed by atoms with E-state index in [1.807, 2.05) is 166 Å². The van der Waals surface area contributed by atoms with Crippen molar-refractivity contribution < 1.29 is 90.0 Å². The molecule has 0 bridgehead atoms. The summed E-state index contributed by atoms with van der Waals surface area (Å²) in [5, 5.41) is 0. The van der Waals surface area contributed by atoms with Crippen LogP contribution in [-0.4, -0.2) is 219 Å². The lowest BCUT2D eigenvalue weighted by atomic mass is 9.91. The Morgan fingerprint density at radius 1 is 0.333 bits per heavy atom. The van der Waals surface area contributed by atoms with Gasteiger partial charge < -0.3 is 90.0 Å². The molecule has 0 aromatic carbocycles. The normalized spacial score (nSPS) is 22.7. The SMILES string of the molecule is CC(C)CC(COC(C)C)OC(C)C.CC(C)COCCOCC(C)C.CC(C)OCC(COC(C)C)(COC(C)C)COC(C)C.CC(C)OCC1OC(OC2(COC(C)C)OC(OC(C)C)C(OC(C)C)C2OC(C)C)C(OC(C)C)C(OC(C)C)C1OC(C)C. The van der Waals surface area contributed by atoms with Crippen molar-refractivity contribution in [2.45, 2.75) is 388 Å². The van der Waals surface area contributed by atoms with Gasteiger partial charge in [0.05, 0.1) is 150 Å². The van der Waals surface area contributed by atoms with E-state index in [0.29, 0.717) is 56.9 Å². The van der Waals surface area contributed by atoms with Gasteiger partial charge in [0.2, 0.25) is 5.79 Å². The van der Waals surface area contributed by atoms with Crippen LogP contribution in [0.5, 0.6) is 0 Å². The summed E-state index contributed by atoms with van der Waals surface area (Å²) in [6, 6.07) is 0. The topological polar surface area (TPSA) is 175 Å². The first kappa shape index (κ1) is 94.3. The Morgan fingerprint density at radius 3 is 1.06 bits per heavy atom. The fourth-order valence-corrected chi connectivity index (χ4v) is 9.30. The van der Waals surface area contributed by atoms with Crippen LogP contribution in [0, 0.1) is 23.2 Å². The van der Waals surface area contributed by atoms with Gasteiger partial charge in [-0.05, 0) is 218 Å². The van der Waals surface area contributed by atoms with E-state index in [-0.39, 0.29) is 104 Å². The van der Waals surface area contributed by atoms with Crippen LogP contribution in [0.25, 0.3) is 0 Å². The Balaban J connectivity index is 0. The Labute approximate surface area is 572 Å². The first-order chi connectivity index (χ1) is 43.0. The van der Waals surface area contributed by atoms with Gasteiger partial charge in [-0.1, -0.05) is 41.5 Å². The zero-order chi connectivity index (χ0) is 71.9. The molecular weight excluding hydrogens is 1190 g/mol. The zero-order valence-corrected chi connectivity index (χ0v) is 66.3. The lowest BCUT2D eigenvalue weighted by Gasteiger charge is -2.49. The molecule has 0 radical (unpaired) electrons. The van der Waals surface area contributed by atoms with Crippen LogP contribution in [0.15, 0.2) is 0 Å². The van der Waals surface area contributed by atoms with Crippen molar-refractivity contribution in [2.24, 2.45) is 23.2 Å². The van der Waals surface area contributed by atoms with Gasteiger partial charge in [0.25, 0.3) is 0 Å². The molecule has 562 valence electrons. The van der Waals surface area contributed by atoms with Crippen LogP contribution >= 0.6 is 0 Å². The first-order valence-electron chi connectivity index (χ1n) is 36.1. The average molecular weight is 1350 g/mol. The molecule has 93 heavy (non-hydrogen) atoms. The second-order valence-electron chi connectivity index (χ2n) is 30.3. The van der Waals surface area contributed by atoms with Crippen LogP contribution in [0.1, 0.15) is 242 Å². The summed E-state index contributed by atoms with van der Waals surface area (Å²) in [5.41, 5.74) is -0.261. The fourth-order valence-electron chi connectivity index (χ4n) is 9.30. The molecule has 0 saturated carbocycles. The molecule has 0 spiro atoms. The standard InChI is InChI=1S/C35H68O11.C17H36O4.C12H26O2.C10H22O2/c1-19(2)36-17-27-28(38-21(5)6)29(39-22(7)8)30(40-23(9)10)33(44-27)45-35(18-37-20(3)4)32(42-25(13)14)31(41-24(11)12)34(46-35)43-26(15)16;1-13(2)18-9-17(10-19-14(3)4,11-20-15(5)6)12-21-16(7)8;1-9(2)7-12(14-11(5)6)8-13-10(3)4;1-9(2)7-11-5-6-12-8-10(3)4/h19-34H,17-18H2,1-16H3;13-16H,9-12H2,1-8H3;9-12H,7-8H2,1-6H3;9-10H,5-8H2,1-4H3. The van der Waals surface area contributed by atoms with Crippen LogP contribution in [0.2, 0.25) is 0 Å². The van der Waals surface area contributed by atoms with Crippen molar-refractivity contribution in [1.29, 1.82) is 0 Å². The highest BCUT2D eigenvalue weighted by Crippen LogP contribution is 2.43. The predicted molar refractivity (Wildman–Crippen MR) is 374 cm³/mol. The van der Waals surface area contributed by atoms with Crippen molar-refractivity contribution in [3.05, 3.63) is 0 Å². The minimum atomic E-state index is -1.49. The fraction of sp³-hybridized carbons (Fsp3) is 1.00. The highest BCUT2D eigenvalue weighted by molar-refractivity contribution is 5.01. The molecule has 2 fully saturated rings. The largest absolute Gasteiger partial charge is 0.379 e. The van der Waals surface area contributed by atoms with Crippen molar-refractivity contribution in [1.82, 2.24) is 0 Å². The van der Waals surface area contributed by atoms with Gasteiger partial charge >= 0.3 is 0 Å². The van der Waals surface area contributed by atoms with Gasteiger partial charge in [0.15, 0.2) is 12.6 Å². The summed E-state index contributed by atoms with van der Waals surface area (Å²) in [6.07, 6.45) is -3.80. The molecule has 19 nitrogen and oxygen atoms in total. The van der Waals surface area contributed by atoms with E-state index in [0.717, 1.165) is 32.8 Å². The van der Waals surface area contributed by atoms with E-state index in [1.54, 1.807) is 0 Å². The summed E-state index contributed by atoms with van der Waals surface area (Å²) in [5.74, 6) is 0.411. The molecule has 10 atom stereocenters. The summed E-state index contributed by atoms with van der Waals surface area (Å²) in [4.78, 5) is 0. The highest BCUT2D eigenvalue weighted by Gasteiger charge is 2.63. The van der Waals surface area contributed by atoms with Gasteiger partial charge in [-0.3, -0.25) is 0 Å². The maximum absolute atomic E-state index is 7.07. The van der Waals surface area contributed by atoms with E-state index in [4.69, 9.17) is 90.0 Å². The Kier molecular flexibility index (Phi) is 52.1. The second kappa shape index (κ2) is 51.4. The molecule has 0 aromatic rings. The van der Waals surface area contributed by atoms with Crippen molar-refractivity contribution in [3.8, 4) is 0 Å². The van der Waals surface area contributed by atoms with E-state index in [1.165, 1.54) is 0 Å². The summed E-state index contributed by atoms with van der Waals surface area (Å²) in [6.45, 7) is 75.7. The molecule has 19 heteroatoms. The van der Waals surface area contributed by atoms with E-state index >= 15 is 0 Å². The van der Waals surface area contributed by atoms with Gasteiger partial charge in [-0.25, -0.2) is 0 Å². The Hall–Kier alpha value is -0.760. The molecular formula is C74H152O19. The van der Waals surface area contributed by atoms with Crippen LogP contribution in [0.4, 0.5) is 0 Å². The van der Waals surface area contributed by atoms with Crippen LogP contribution < -0.4 is 0 Å². The van der Waals surface area contributed by atoms with E-state index in [9.17, 15) is 0 Å². The molecule has 2 rings (SSSR count). The number of hydrogen-bond donors (Lipinski definition) is 0. The van der Waals surface area contributed by atoms with Crippen molar-refractivity contribution in [3.63, 3.8) is 0 Å². The molecule has 0 aliphatic carbocycles. The average Bonchev–Trinajstić information content (AvgIpc) is 1.67. The van der Waals surface area contributed by atoms with Crippen LogP contribution in [-0.2, 0) is 90.0 Å². The quantitative estimate of drug-likeness (QED) is 0.0526. The van der Waals surface area contributed by atoms with Crippen LogP contribution in [0.3, 0.4) is 0 Å². The van der Waals surface area contributed by atoms with Crippen molar-refractivity contribution in [2.75, 3.05) is 72.7 Å². The highest BCUT2D eigenvalue weighted by atomic mass is 16.9. The Bertz CT molecular complexity index is 1630. The molecule has 0 N–H and O–H groups in total. The van der Waals surface area contributed by atoms with Crippen molar-refractivity contribution >= 4 is 0 Å². The number of hydrogen-bond acceptors (Lipinski definition) is 19. The lowest BCUT2D eigenvalue weighted by molar-refractivity contribution is -0.409. The molecule has 2 heterocycles. The molecule has 2 saturated heterocycles. The second-order valence-corrected chi connectivity index (χ2v) is 30.3. The summed E-state index contributed by atoms with van der Waals surface area (Å²) < 4.78 is 118. The number of ether oxygens (including phenoxy) is 19. The summed E-state index contributed by atoms with van der Waals surface area (Å²) >= 11 is 0. The summed E-state index contributed by atoms with van der Waals surface area (Å²) in [7, 11) is 0. The maximum Gasteiger partial charge on any atom is 0.226 e. The third kappa shape index (κ3) is 47.1. The monoisotopic (exact) mass is 1350 g/mol. The third-order valence-electron chi connectivity index (χ3n) is 13.0. The van der Waals surface area contributed by atoms with Gasteiger partial charge in [0.1, 0.15) is 43.2 Å². The van der Waals surface area contributed by atoms with E-state index in [2.05, 4.69) is 69.2 Å². The van der Waals surface area contributed by atoms with Gasteiger partial charge in [-0.15, -0.1) is 0 Å². The predicted octanol–water partition coefficient (Wildman–Crippen LogP) is 15.3. The van der Waals surface area contributed by atoms with Gasteiger partial charge in [-0.2, -0.15) is 0 Å². The molecule has 2 aliphatic rings. The minimum Gasteiger partial charge on any atom is -0.379 e. The Morgan fingerprint density at radius 2 is 0.710 bits per heavy atom. The minimum absolute atomic E-state index is 0.0209. The molecule has 0 aromatic heterocycles. The van der Waals surface area contributed by atoms with Gasteiger partial charge in [0, 0.05) is 13.2 Å². The molecule has 0 amide bonds. The zero-order valence-electron chi connectivity index (χ0n) is 66.3. The smallest absolute Gasteiger partial charge is 0.226 e. The maximum atomic E-state index is 7.07. The van der Waals surface area contributed by atoms with E-state index < -0.39 is 55.0 Å². The first-order valence-corrected chi connectivity index (χ1v) is 36.1. The lowest BCUT2D eigenvalue weighted by Crippen LogP contribution is -2.66. The molecule has 2 aliphatic heterocycles. The third-order valence-corrected chi connectivity index (χ3v) is 13.0. The number of rotatable bonds is 46. The molecule has 10 unspecified atom stereocenters.